The molecule has 4 heterocycles. The van der Waals surface area contributed by atoms with E-state index in [1.54, 1.807) is 73.2 Å². The van der Waals surface area contributed by atoms with Crippen LogP contribution in [0.3, 0.4) is 0 Å². The zero-order valence-corrected chi connectivity index (χ0v) is 53.4. The summed E-state index contributed by atoms with van der Waals surface area (Å²) in [6.45, 7) is -0.560. The monoisotopic (exact) mass is 1340 g/mol. The number of primary amides is 1. The Labute approximate surface area is 552 Å². The number of amides is 11. The number of urea groups is 1. The number of nitrogens with zero attached hydrogens (tertiary/aromatic N) is 2. The standard InChI is InChI=1S/C61H78N22O10S2/c1-94-95-31-51(85)77-49(25-38-29-68-33-75-38)58(92)83-61(93)82-44(18-10-20-70-60(65)66)55(89)81-47(23-36-27-72-42-16-8-6-14-40(36)42)53(87)73-30-50(84)76-48(24-37-28-67-32-74-37)57(91)80-46(21-34-11-3-2-4-12-34)56(90)78-43(17-9-19-69-59(63)64)54(88)79-45(52(62)86)22-35-26-71-41-15-7-5-13-39(35)41/h2-8,11-16,26-29,32-33,43-49,71-72H,9-10,17-25,30-31H2,1H3,(H2,62,86)(H,67,74)(H,68,75)(H,73,87)(H,76,84)(H,77,85)(H,78,90)(H,79,88)(H,80,91)(H,81,89)(H4,63,64,69)(H4,65,66,70)(H2,82,83,92,93)/t43-,44-,45-,46+,47-,48-,49-/m0/s1. The van der Waals surface area contributed by atoms with Crippen LogP contribution >= 0.6 is 21.6 Å². The summed E-state index contributed by atoms with van der Waals surface area (Å²) in [4.78, 5) is 160. The second-order valence-electron chi connectivity index (χ2n) is 21.9. The van der Waals surface area contributed by atoms with Crippen molar-refractivity contribution in [2.24, 2.45) is 17.2 Å². The molecule has 4 aromatic heterocycles. The van der Waals surface area contributed by atoms with Crippen molar-refractivity contribution in [1.29, 1.82) is 10.8 Å². The first-order valence-electron chi connectivity index (χ1n) is 30.1. The van der Waals surface area contributed by atoms with E-state index in [4.69, 9.17) is 28.0 Å². The maximum atomic E-state index is 14.7. The van der Waals surface area contributed by atoms with E-state index in [0.29, 0.717) is 39.0 Å². The van der Waals surface area contributed by atoms with Crippen LogP contribution in [0.2, 0.25) is 0 Å². The normalized spacial score (nSPS) is 13.2. The molecule has 504 valence electrons. The number of H-pyrrole nitrogens is 4. The molecule has 11 amide bonds. The van der Waals surface area contributed by atoms with Crippen LogP contribution < -0.4 is 75.7 Å². The highest BCUT2D eigenvalue weighted by atomic mass is 33.1. The van der Waals surface area contributed by atoms with Gasteiger partial charge in [-0.15, -0.1) is 0 Å². The van der Waals surface area contributed by atoms with E-state index in [2.05, 4.69) is 88.4 Å². The number of nitrogens with two attached hydrogens (primary N) is 3. The number of fused-ring (bicyclic) bond motifs is 2. The second kappa shape index (κ2) is 36.4. The van der Waals surface area contributed by atoms with Gasteiger partial charge in [-0.1, -0.05) is 88.3 Å². The summed E-state index contributed by atoms with van der Waals surface area (Å²) in [6, 6.07) is 12.4. The van der Waals surface area contributed by atoms with Crippen LogP contribution in [0, 0.1) is 10.8 Å². The molecule has 7 aromatic rings. The number of rotatable bonds is 37. The van der Waals surface area contributed by atoms with Gasteiger partial charge in [0.15, 0.2) is 11.9 Å². The largest absolute Gasteiger partial charge is 0.370 e. The highest BCUT2D eigenvalue weighted by Crippen LogP contribution is 2.22. The number of benzene rings is 3. The first-order chi connectivity index (χ1) is 45.7. The molecule has 32 nitrogen and oxygen atoms in total. The van der Waals surface area contributed by atoms with Crippen LogP contribution in [0.15, 0.2) is 116 Å². The Hall–Kier alpha value is -10.9. The van der Waals surface area contributed by atoms with Crippen molar-refractivity contribution in [2.45, 2.75) is 100 Å². The first-order valence-corrected chi connectivity index (χ1v) is 32.8. The highest BCUT2D eigenvalue weighted by molar-refractivity contribution is 8.76. The minimum Gasteiger partial charge on any atom is -0.370 e. The summed E-state index contributed by atoms with van der Waals surface area (Å²) in [5, 5.41) is 45.4. The number of aromatic nitrogens is 6. The zero-order chi connectivity index (χ0) is 68.2. The molecular formula is C61H78N22O10S2. The predicted octanol–water partition coefficient (Wildman–Crippen LogP) is -1.15. The molecule has 23 N–H and O–H groups in total. The van der Waals surface area contributed by atoms with Crippen LogP contribution in [0.1, 0.15) is 53.8 Å². The molecule has 7 atom stereocenters. The van der Waals surface area contributed by atoms with Crippen LogP contribution in [-0.4, -0.2) is 175 Å². The minimum absolute atomic E-state index is 0.00338. The van der Waals surface area contributed by atoms with Gasteiger partial charge in [-0.2, -0.15) is 0 Å². The lowest BCUT2D eigenvalue weighted by Gasteiger charge is -2.26. The molecule has 34 heteroatoms. The smallest absolute Gasteiger partial charge is 0.322 e. The average molecular weight is 1340 g/mol. The Balaban J connectivity index is 1.08. The predicted molar refractivity (Wildman–Crippen MR) is 357 cm³/mol. The quantitative estimate of drug-likeness (QED) is 0.00946. The number of aromatic amines is 4. The molecule has 0 aliphatic heterocycles. The van der Waals surface area contributed by atoms with E-state index in [9.17, 15) is 47.9 Å². The van der Waals surface area contributed by atoms with Crippen molar-refractivity contribution in [1.82, 2.24) is 88.4 Å². The zero-order valence-electron chi connectivity index (χ0n) is 51.7. The maximum absolute atomic E-state index is 14.7. The van der Waals surface area contributed by atoms with Crippen molar-refractivity contribution in [3.8, 4) is 0 Å². The number of carbonyl (C=O) groups is 10. The molecule has 0 fully saturated rings. The van der Waals surface area contributed by atoms with Gasteiger partial charge in [-0.3, -0.25) is 59.3 Å². The summed E-state index contributed by atoms with van der Waals surface area (Å²) >= 11 is 0. The van der Waals surface area contributed by atoms with Gasteiger partial charge in [0.1, 0.15) is 42.3 Å². The first kappa shape index (κ1) is 71.5. The number of hydrogen-bond donors (Lipinski definition) is 20. The Kier molecular flexibility index (Phi) is 27.4. The maximum Gasteiger partial charge on any atom is 0.322 e. The molecule has 0 saturated heterocycles. The molecule has 0 radical (unpaired) electrons. The fourth-order valence-corrected chi connectivity index (χ4v) is 11.1. The lowest BCUT2D eigenvalue weighted by molar-refractivity contribution is -0.134. The van der Waals surface area contributed by atoms with Gasteiger partial charge in [0.25, 0.3) is 5.91 Å². The minimum atomic E-state index is -1.47. The Morgan fingerprint density at radius 1 is 0.484 bits per heavy atom. The van der Waals surface area contributed by atoms with E-state index in [1.807, 2.05) is 24.3 Å². The van der Waals surface area contributed by atoms with Gasteiger partial charge in [0, 0.05) is 91.8 Å². The van der Waals surface area contributed by atoms with Crippen LogP contribution in [0.25, 0.3) is 21.8 Å². The number of imide groups is 1. The summed E-state index contributed by atoms with van der Waals surface area (Å²) in [5.74, 6) is -8.08. The summed E-state index contributed by atoms with van der Waals surface area (Å²) in [7, 11) is 2.58. The lowest BCUT2D eigenvalue weighted by Crippen LogP contribution is -2.59. The van der Waals surface area contributed by atoms with Crippen molar-refractivity contribution >= 4 is 115 Å². The summed E-state index contributed by atoms with van der Waals surface area (Å²) in [5.41, 5.74) is 20.9. The molecule has 0 saturated carbocycles. The second-order valence-corrected chi connectivity index (χ2v) is 24.4. The molecule has 7 rings (SSSR count). The van der Waals surface area contributed by atoms with Crippen molar-refractivity contribution in [3.63, 3.8) is 0 Å². The third kappa shape index (κ3) is 23.0. The molecule has 95 heavy (non-hydrogen) atoms. The van der Waals surface area contributed by atoms with Gasteiger partial charge in [-0.25, -0.2) is 14.8 Å². The average Bonchev–Trinajstić information content (AvgIpc) is 1.74. The van der Waals surface area contributed by atoms with Gasteiger partial charge in [0.2, 0.25) is 47.3 Å². The van der Waals surface area contributed by atoms with Crippen LogP contribution in [0.4, 0.5) is 4.79 Å². The molecule has 0 aliphatic carbocycles. The fraction of sp³-hybridized carbons (Fsp3) is 0.344. The Morgan fingerprint density at radius 2 is 0.937 bits per heavy atom. The van der Waals surface area contributed by atoms with E-state index in [0.717, 1.165) is 10.9 Å². The highest BCUT2D eigenvalue weighted by Gasteiger charge is 2.34. The SMILES string of the molecule is CSSCC(=O)N[C@@H](Cc1c[nH]cn1)C(=O)NC(=O)N[C@@H](CCCNC(=N)N)C(=O)N[C@@H](Cc1c[nH]c2ccccc12)C(=O)NCC(=O)N[C@@H](Cc1c[nH]cn1)C(=O)N[C@H](Cc1ccccc1)C(=O)N[C@@H](CCCNC(=N)N)C(=O)N[C@@H](Cc1c[nH]c2ccccc12)C(N)=O. The number of guanidine groups is 2. The number of nitrogens with one attached hydrogen (secondary N) is 17. The number of carbonyl (C=O) groups excluding carboxylic acids is 10. The van der Waals surface area contributed by atoms with Crippen molar-refractivity contribution < 1.29 is 47.9 Å². The van der Waals surface area contributed by atoms with E-state index >= 15 is 0 Å². The van der Waals surface area contributed by atoms with E-state index in [1.165, 1.54) is 46.6 Å². The van der Waals surface area contributed by atoms with Crippen molar-refractivity contribution in [3.05, 3.63) is 144 Å². The number of para-hydroxylation sites is 2. The van der Waals surface area contributed by atoms with Crippen LogP contribution in [0.5, 0.6) is 0 Å². The number of imidazole rings is 2. The van der Waals surface area contributed by atoms with E-state index in [-0.39, 0.29) is 88.5 Å². The summed E-state index contributed by atoms with van der Waals surface area (Å²) in [6.07, 6.45) is 10.4. The Bertz CT molecular complexity index is 3770. The van der Waals surface area contributed by atoms with Gasteiger partial charge in [-0.05, 0) is 60.8 Å². The fourth-order valence-electron chi connectivity index (χ4n) is 10.1. The van der Waals surface area contributed by atoms with Gasteiger partial charge >= 0.3 is 6.03 Å². The molecule has 3 aromatic carbocycles. The summed E-state index contributed by atoms with van der Waals surface area (Å²) < 4.78 is 0. The van der Waals surface area contributed by atoms with Gasteiger partial charge < -0.3 is 90.3 Å². The molecule has 0 spiro atoms. The molecule has 0 unspecified atom stereocenters. The third-order valence-electron chi connectivity index (χ3n) is 14.8. The molecular weight excluding hydrogens is 1260 g/mol. The molecule has 0 bridgehead atoms. The van der Waals surface area contributed by atoms with Crippen molar-refractivity contribution in [2.75, 3.05) is 31.6 Å². The van der Waals surface area contributed by atoms with Gasteiger partial charge in [0.05, 0.1) is 36.3 Å². The molecule has 0 aliphatic rings. The van der Waals surface area contributed by atoms with E-state index < -0.39 is 108 Å². The third-order valence-corrected chi connectivity index (χ3v) is 16.5. The number of hydrogen-bond acceptors (Lipinski definition) is 16. The lowest BCUT2D eigenvalue weighted by atomic mass is 10.0. The Morgan fingerprint density at radius 3 is 1.45 bits per heavy atom. The topological polar surface area (TPSA) is 518 Å². The van der Waals surface area contributed by atoms with Crippen LogP contribution in [-0.2, 0) is 75.3 Å².